The summed E-state index contributed by atoms with van der Waals surface area (Å²) in [7, 11) is 0.945. The lowest BCUT2D eigenvalue weighted by atomic mass is 10.6. The van der Waals surface area contributed by atoms with E-state index in [9.17, 15) is 13.2 Å². The molecule has 0 rings (SSSR count). The Morgan fingerprint density at radius 2 is 2.10 bits per heavy atom. The van der Waals surface area contributed by atoms with Crippen molar-refractivity contribution in [3.05, 3.63) is 0 Å². The van der Waals surface area contributed by atoms with E-state index in [2.05, 4.69) is 16.2 Å². The molecular weight excluding hydrogens is 147 g/mol. The fraction of sp³-hybridized carbons (Fsp3) is 0.400. The van der Waals surface area contributed by atoms with Crippen LogP contribution in [0.5, 0.6) is 0 Å². The minimum atomic E-state index is -4.60. The van der Waals surface area contributed by atoms with Crippen molar-refractivity contribution in [1.82, 2.24) is 0 Å². The summed E-state index contributed by atoms with van der Waals surface area (Å²) >= 11 is 0. The Morgan fingerprint density at radius 1 is 1.60 bits per heavy atom. The lowest BCUT2D eigenvalue weighted by Crippen LogP contribution is -2.24. The van der Waals surface area contributed by atoms with E-state index < -0.39 is 12.1 Å². The molecule has 0 aliphatic rings. The average Bonchev–Trinajstić information content (AvgIpc) is 1.80. The monoisotopic (exact) mass is 151 g/mol. The van der Waals surface area contributed by atoms with Crippen LogP contribution in [0.25, 0.3) is 0 Å². The van der Waals surface area contributed by atoms with E-state index in [0.717, 1.165) is 7.05 Å². The number of aliphatic imine (C=N–C) groups is 1. The van der Waals surface area contributed by atoms with Crippen LogP contribution < -0.4 is 0 Å². The number of nitrogens with zero attached hydrogens (tertiary/aromatic N) is 1. The van der Waals surface area contributed by atoms with Crippen LogP contribution in [0.1, 0.15) is 0 Å². The molecule has 2 nitrogen and oxygen atoms in total. The molecule has 0 aliphatic carbocycles. The molecule has 0 heterocycles. The normalized spacial score (nSPS) is 12.5. The molecular formula is C5H4F3NO. The number of rotatable bonds is 0. The highest BCUT2D eigenvalue weighted by molar-refractivity contribution is 5.82. The standard InChI is InChI=1S/C5H4F3NO/c1-3-10-4(9-2)5(6,7)8/h1H,2H3. The topological polar surface area (TPSA) is 21.6 Å². The molecule has 0 atom stereocenters. The number of hydrogen-bond donors (Lipinski definition) is 0. The minimum absolute atomic E-state index is 0.945. The molecule has 10 heavy (non-hydrogen) atoms. The van der Waals surface area contributed by atoms with Gasteiger partial charge in [0.2, 0.25) is 0 Å². The smallest absolute Gasteiger partial charge is 0.383 e. The summed E-state index contributed by atoms with van der Waals surface area (Å²) in [6.45, 7) is 0. The molecule has 0 saturated carbocycles. The largest absolute Gasteiger partial charge is 0.469 e. The number of alkyl halides is 3. The summed E-state index contributed by atoms with van der Waals surface area (Å²) in [5, 5.41) is 0. The molecule has 0 aliphatic heterocycles. The average molecular weight is 151 g/mol. The van der Waals surface area contributed by atoms with E-state index in [4.69, 9.17) is 0 Å². The van der Waals surface area contributed by atoms with Gasteiger partial charge in [-0.05, 0) is 0 Å². The third kappa shape index (κ3) is 2.40. The molecule has 0 unspecified atom stereocenters. The maximum absolute atomic E-state index is 11.6. The second-order valence-electron chi connectivity index (χ2n) is 1.25. The van der Waals surface area contributed by atoms with E-state index in [1.165, 1.54) is 6.11 Å². The number of hydrogen-bond acceptors (Lipinski definition) is 2. The molecule has 0 radical (unpaired) electrons. The van der Waals surface area contributed by atoms with Gasteiger partial charge in [-0.2, -0.15) is 13.2 Å². The van der Waals surface area contributed by atoms with Gasteiger partial charge in [0.25, 0.3) is 0 Å². The first-order valence-electron chi connectivity index (χ1n) is 2.18. The maximum Gasteiger partial charge on any atom is 0.469 e. The SMILES string of the molecule is C#COC(=NC)C(F)(F)F. The summed E-state index contributed by atoms with van der Waals surface area (Å²) in [4.78, 5) is 2.78. The van der Waals surface area contributed by atoms with Gasteiger partial charge in [-0.25, -0.2) is 4.99 Å². The zero-order valence-electron chi connectivity index (χ0n) is 5.07. The molecule has 0 amide bonds. The van der Waals surface area contributed by atoms with Crippen molar-refractivity contribution in [1.29, 1.82) is 0 Å². The van der Waals surface area contributed by atoms with Crippen molar-refractivity contribution < 1.29 is 17.9 Å². The Kier molecular flexibility index (Phi) is 2.74. The van der Waals surface area contributed by atoms with Crippen molar-refractivity contribution in [2.45, 2.75) is 6.18 Å². The molecule has 0 spiro atoms. The predicted molar refractivity (Wildman–Crippen MR) is 29.3 cm³/mol. The van der Waals surface area contributed by atoms with Crippen molar-refractivity contribution in [2.24, 2.45) is 4.99 Å². The van der Waals surface area contributed by atoms with E-state index in [0.29, 0.717) is 0 Å². The molecule has 0 aromatic heterocycles. The second kappa shape index (κ2) is 3.11. The molecule has 56 valence electrons. The summed E-state index contributed by atoms with van der Waals surface area (Å²) in [5.41, 5.74) is 0. The fourth-order valence-electron chi connectivity index (χ4n) is 0.286. The van der Waals surface area contributed by atoms with Crippen LogP contribution in [0, 0.1) is 12.5 Å². The molecule has 0 saturated heterocycles. The lowest BCUT2D eigenvalue weighted by molar-refractivity contribution is -0.0727. The zero-order valence-corrected chi connectivity index (χ0v) is 5.07. The Labute approximate surface area is 55.7 Å². The summed E-state index contributed by atoms with van der Waals surface area (Å²) in [6.07, 6.45) is 1.23. The zero-order chi connectivity index (χ0) is 8.20. The van der Waals surface area contributed by atoms with Crippen molar-refractivity contribution >= 4 is 5.90 Å². The second-order valence-corrected chi connectivity index (χ2v) is 1.25. The Bertz CT molecular complexity index is 176. The van der Waals surface area contributed by atoms with E-state index in [1.54, 1.807) is 0 Å². The van der Waals surface area contributed by atoms with Crippen LogP contribution in [-0.2, 0) is 4.74 Å². The van der Waals surface area contributed by atoms with Gasteiger partial charge >= 0.3 is 12.1 Å². The predicted octanol–water partition coefficient (Wildman–Crippen LogP) is 1.18. The van der Waals surface area contributed by atoms with E-state index >= 15 is 0 Å². The Hall–Kier alpha value is -1.18. The summed E-state index contributed by atoms with van der Waals surface area (Å²) < 4.78 is 38.4. The van der Waals surface area contributed by atoms with Gasteiger partial charge in [0.1, 0.15) is 6.11 Å². The first-order chi connectivity index (χ1) is 4.52. The Balaban J connectivity index is 4.28. The first kappa shape index (κ1) is 8.82. The van der Waals surface area contributed by atoms with Gasteiger partial charge in [-0.1, -0.05) is 6.42 Å². The molecule has 0 aromatic rings. The highest BCUT2D eigenvalue weighted by Gasteiger charge is 2.37. The van der Waals surface area contributed by atoms with Gasteiger partial charge in [0, 0.05) is 7.05 Å². The third-order valence-electron chi connectivity index (χ3n) is 0.601. The van der Waals surface area contributed by atoms with Gasteiger partial charge in [0.05, 0.1) is 0 Å². The molecule has 0 aromatic carbocycles. The fourth-order valence-corrected chi connectivity index (χ4v) is 0.286. The molecule has 5 heteroatoms. The van der Waals surface area contributed by atoms with E-state index in [1.807, 2.05) is 0 Å². The lowest BCUT2D eigenvalue weighted by Gasteiger charge is -2.04. The molecule has 0 bridgehead atoms. The van der Waals surface area contributed by atoms with Crippen molar-refractivity contribution in [3.8, 4) is 12.5 Å². The number of terminal acetylenes is 1. The van der Waals surface area contributed by atoms with Gasteiger partial charge in [-0.15, -0.1) is 0 Å². The molecule has 0 fully saturated rings. The highest BCUT2D eigenvalue weighted by atomic mass is 19.4. The van der Waals surface area contributed by atoms with Crippen LogP contribution in [-0.4, -0.2) is 19.1 Å². The van der Waals surface area contributed by atoms with Gasteiger partial charge in [-0.3, -0.25) is 0 Å². The maximum atomic E-state index is 11.6. The van der Waals surface area contributed by atoms with Crippen LogP contribution in [0.4, 0.5) is 13.2 Å². The van der Waals surface area contributed by atoms with Crippen molar-refractivity contribution in [3.63, 3.8) is 0 Å². The first-order valence-corrected chi connectivity index (χ1v) is 2.18. The summed E-state index contributed by atoms with van der Waals surface area (Å²) in [6, 6.07) is 0. The number of halogens is 3. The van der Waals surface area contributed by atoms with Crippen LogP contribution in [0.3, 0.4) is 0 Å². The Morgan fingerprint density at radius 3 is 2.20 bits per heavy atom. The minimum Gasteiger partial charge on any atom is -0.383 e. The summed E-state index contributed by atoms with van der Waals surface area (Å²) in [5.74, 6) is -1.41. The highest BCUT2D eigenvalue weighted by Crippen LogP contribution is 2.17. The van der Waals surface area contributed by atoms with Crippen LogP contribution in [0.2, 0.25) is 0 Å². The quantitative estimate of drug-likeness (QED) is 0.289. The van der Waals surface area contributed by atoms with Gasteiger partial charge < -0.3 is 4.74 Å². The molecule has 0 N–H and O–H groups in total. The van der Waals surface area contributed by atoms with Crippen molar-refractivity contribution in [2.75, 3.05) is 7.05 Å². The van der Waals surface area contributed by atoms with Crippen LogP contribution in [0.15, 0.2) is 4.99 Å². The number of ether oxygens (including phenoxy) is 1. The van der Waals surface area contributed by atoms with Gasteiger partial charge in [0.15, 0.2) is 0 Å². The van der Waals surface area contributed by atoms with E-state index in [-0.39, 0.29) is 0 Å². The third-order valence-corrected chi connectivity index (χ3v) is 0.601. The van der Waals surface area contributed by atoms with Crippen LogP contribution >= 0.6 is 0 Å².